The van der Waals surface area contributed by atoms with Crippen molar-refractivity contribution in [1.29, 1.82) is 0 Å². The van der Waals surface area contributed by atoms with Crippen LogP contribution in [0.4, 0.5) is 0 Å². The van der Waals surface area contributed by atoms with Crippen molar-refractivity contribution < 1.29 is 19.1 Å². The summed E-state index contributed by atoms with van der Waals surface area (Å²) in [6, 6.07) is 5.79. The van der Waals surface area contributed by atoms with E-state index in [-0.39, 0.29) is 12.5 Å². The van der Waals surface area contributed by atoms with Crippen LogP contribution < -0.4 is 10.2 Å². The molecule has 0 fully saturated rings. The van der Waals surface area contributed by atoms with Crippen LogP contribution in [0.3, 0.4) is 0 Å². The number of hydrogen-bond acceptors (Lipinski definition) is 4. The van der Waals surface area contributed by atoms with Gasteiger partial charge < -0.3 is 9.47 Å². The molecule has 0 radical (unpaired) electrons. The maximum absolute atomic E-state index is 11.4. The van der Waals surface area contributed by atoms with Crippen LogP contribution in [0.1, 0.15) is 11.1 Å². The van der Waals surface area contributed by atoms with E-state index in [1.807, 2.05) is 32.0 Å². The molecule has 1 amide bonds. The van der Waals surface area contributed by atoms with Gasteiger partial charge in [0.2, 0.25) is 0 Å². The van der Waals surface area contributed by atoms with E-state index < -0.39 is 0 Å². The lowest BCUT2D eigenvalue weighted by Gasteiger charge is -2.10. The number of methoxy groups -OCH3 is 1. The normalized spacial score (nSPS) is 10.2. The van der Waals surface area contributed by atoms with Gasteiger partial charge in [0.15, 0.2) is 6.61 Å². The smallest absolute Gasteiger partial charge is 0.281 e. The molecule has 0 saturated heterocycles. The van der Waals surface area contributed by atoms with Crippen LogP contribution >= 0.6 is 0 Å². The highest BCUT2D eigenvalue weighted by Crippen LogP contribution is 2.18. The molecule has 1 aromatic rings. The summed E-state index contributed by atoms with van der Waals surface area (Å²) in [5, 5.41) is 0. The maximum Gasteiger partial charge on any atom is 0.281 e. The summed E-state index contributed by atoms with van der Waals surface area (Å²) in [7, 11) is 1.56. The first-order chi connectivity index (χ1) is 8.63. The lowest BCUT2D eigenvalue weighted by atomic mass is 10.1. The van der Waals surface area contributed by atoms with Gasteiger partial charge in [0.1, 0.15) is 5.75 Å². The average molecular weight is 253 g/mol. The molecule has 0 aromatic heterocycles. The number of aryl methyl sites for hydroxylation is 2. The van der Waals surface area contributed by atoms with Crippen LogP contribution in [0, 0.1) is 13.8 Å². The first-order valence-electron chi connectivity index (χ1n) is 5.73. The van der Waals surface area contributed by atoms with Crippen molar-refractivity contribution in [2.24, 2.45) is 0 Å². The van der Waals surface area contributed by atoms with E-state index in [0.29, 0.717) is 19.0 Å². The zero-order valence-corrected chi connectivity index (χ0v) is 11.0. The predicted molar refractivity (Wildman–Crippen MR) is 67.4 cm³/mol. The fraction of sp³-hybridized carbons (Fsp3) is 0.462. The van der Waals surface area contributed by atoms with Crippen molar-refractivity contribution in [1.82, 2.24) is 5.48 Å². The van der Waals surface area contributed by atoms with Crippen molar-refractivity contribution in [3.05, 3.63) is 29.3 Å². The summed E-state index contributed by atoms with van der Waals surface area (Å²) in [4.78, 5) is 16.2. The Morgan fingerprint density at radius 3 is 2.72 bits per heavy atom. The summed E-state index contributed by atoms with van der Waals surface area (Å²) >= 11 is 0. The quantitative estimate of drug-likeness (QED) is 0.589. The van der Waals surface area contributed by atoms with Crippen LogP contribution in [0.15, 0.2) is 18.2 Å². The fourth-order valence-electron chi connectivity index (χ4n) is 1.39. The zero-order valence-electron chi connectivity index (χ0n) is 11.0. The van der Waals surface area contributed by atoms with E-state index in [4.69, 9.17) is 14.3 Å². The third-order valence-corrected chi connectivity index (χ3v) is 2.26. The number of carbonyl (C=O) groups is 1. The molecule has 0 spiro atoms. The van der Waals surface area contributed by atoms with E-state index in [2.05, 4.69) is 5.48 Å². The van der Waals surface area contributed by atoms with Gasteiger partial charge >= 0.3 is 0 Å². The van der Waals surface area contributed by atoms with E-state index >= 15 is 0 Å². The largest absolute Gasteiger partial charge is 0.483 e. The number of benzene rings is 1. The second-order valence-corrected chi connectivity index (χ2v) is 3.92. The minimum absolute atomic E-state index is 0.0725. The SMILES string of the molecule is COCCONC(=O)COc1ccc(C)cc1C. The minimum atomic E-state index is -0.328. The molecule has 0 saturated carbocycles. The van der Waals surface area contributed by atoms with Gasteiger partial charge in [-0.3, -0.25) is 9.63 Å². The average Bonchev–Trinajstić information content (AvgIpc) is 2.33. The Morgan fingerprint density at radius 1 is 1.28 bits per heavy atom. The Bertz CT molecular complexity index is 393. The number of nitrogens with one attached hydrogen (secondary N) is 1. The molecule has 0 atom stereocenters. The van der Waals surface area contributed by atoms with E-state index in [0.717, 1.165) is 11.1 Å². The number of hydroxylamine groups is 1. The molecule has 0 aliphatic rings. The van der Waals surface area contributed by atoms with Gasteiger partial charge in [-0.2, -0.15) is 0 Å². The lowest BCUT2D eigenvalue weighted by Crippen LogP contribution is -2.30. The van der Waals surface area contributed by atoms with Gasteiger partial charge in [-0.1, -0.05) is 17.7 Å². The molecular formula is C13H19NO4. The fourth-order valence-corrected chi connectivity index (χ4v) is 1.39. The molecule has 5 nitrogen and oxygen atoms in total. The van der Waals surface area contributed by atoms with Gasteiger partial charge in [-0.15, -0.1) is 0 Å². The molecule has 0 heterocycles. The molecule has 1 N–H and O–H groups in total. The van der Waals surface area contributed by atoms with Crippen LogP contribution in [0.25, 0.3) is 0 Å². The number of ether oxygens (including phenoxy) is 2. The summed E-state index contributed by atoms with van der Waals surface area (Å²) in [6.45, 7) is 4.61. The maximum atomic E-state index is 11.4. The minimum Gasteiger partial charge on any atom is -0.483 e. The van der Waals surface area contributed by atoms with E-state index in [1.54, 1.807) is 7.11 Å². The molecule has 100 valence electrons. The summed E-state index contributed by atoms with van der Waals surface area (Å²) in [5.74, 6) is 0.374. The van der Waals surface area contributed by atoms with Crippen molar-refractivity contribution in [3.8, 4) is 5.75 Å². The number of hydrogen-bond donors (Lipinski definition) is 1. The van der Waals surface area contributed by atoms with Crippen molar-refractivity contribution >= 4 is 5.91 Å². The highest BCUT2D eigenvalue weighted by atomic mass is 16.7. The monoisotopic (exact) mass is 253 g/mol. The molecule has 0 unspecified atom stereocenters. The molecule has 0 bridgehead atoms. The summed E-state index contributed by atoms with van der Waals surface area (Å²) in [5.41, 5.74) is 4.44. The molecule has 18 heavy (non-hydrogen) atoms. The Morgan fingerprint density at radius 2 is 2.06 bits per heavy atom. The highest BCUT2D eigenvalue weighted by Gasteiger charge is 2.04. The Labute approximate surface area is 107 Å². The zero-order chi connectivity index (χ0) is 13.4. The molecular weight excluding hydrogens is 234 g/mol. The second-order valence-electron chi connectivity index (χ2n) is 3.92. The highest BCUT2D eigenvalue weighted by molar-refractivity contribution is 5.76. The lowest BCUT2D eigenvalue weighted by molar-refractivity contribution is -0.136. The molecule has 1 aromatic carbocycles. The Balaban J connectivity index is 2.29. The Kier molecular flexibility index (Phi) is 6.18. The number of amides is 1. The standard InChI is InChI=1S/C13H19NO4/c1-10-4-5-12(11(2)8-10)17-9-13(15)14-18-7-6-16-3/h4-5,8H,6-7,9H2,1-3H3,(H,14,15). The van der Waals surface area contributed by atoms with Gasteiger partial charge in [-0.05, 0) is 25.5 Å². The first kappa shape index (κ1) is 14.5. The Hall–Kier alpha value is -1.59. The first-order valence-corrected chi connectivity index (χ1v) is 5.73. The van der Waals surface area contributed by atoms with Crippen LogP contribution in [0.2, 0.25) is 0 Å². The van der Waals surface area contributed by atoms with Crippen molar-refractivity contribution in [3.63, 3.8) is 0 Å². The third-order valence-electron chi connectivity index (χ3n) is 2.26. The topological polar surface area (TPSA) is 56.8 Å². The van der Waals surface area contributed by atoms with Gasteiger partial charge in [0, 0.05) is 7.11 Å². The summed E-state index contributed by atoms with van der Waals surface area (Å²) < 4.78 is 10.2. The predicted octanol–water partition coefficient (Wildman–Crippen LogP) is 1.38. The van der Waals surface area contributed by atoms with Crippen molar-refractivity contribution in [2.45, 2.75) is 13.8 Å². The molecule has 5 heteroatoms. The number of rotatable bonds is 7. The molecule has 0 aliphatic heterocycles. The molecule has 1 rings (SSSR count). The van der Waals surface area contributed by atoms with Crippen LogP contribution in [-0.2, 0) is 14.4 Å². The van der Waals surface area contributed by atoms with Crippen molar-refractivity contribution in [2.75, 3.05) is 26.9 Å². The van der Waals surface area contributed by atoms with Gasteiger partial charge in [0.05, 0.1) is 13.2 Å². The van der Waals surface area contributed by atoms with E-state index in [9.17, 15) is 4.79 Å². The summed E-state index contributed by atoms with van der Waals surface area (Å²) in [6.07, 6.45) is 0. The number of carbonyl (C=O) groups excluding carboxylic acids is 1. The van der Waals surface area contributed by atoms with Crippen LogP contribution in [-0.4, -0.2) is 32.8 Å². The van der Waals surface area contributed by atoms with Gasteiger partial charge in [-0.25, -0.2) is 5.48 Å². The molecule has 0 aliphatic carbocycles. The van der Waals surface area contributed by atoms with E-state index in [1.165, 1.54) is 0 Å². The second kappa shape index (κ2) is 7.68. The van der Waals surface area contributed by atoms with Crippen LogP contribution in [0.5, 0.6) is 5.75 Å². The van der Waals surface area contributed by atoms with Gasteiger partial charge in [0.25, 0.3) is 5.91 Å². The third kappa shape index (κ3) is 5.16.